The van der Waals surface area contributed by atoms with E-state index >= 15 is 0 Å². The van der Waals surface area contributed by atoms with Crippen LogP contribution in [0.5, 0.6) is 5.75 Å². The lowest BCUT2D eigenvalue weighted by molar-refractivity contribution is -0.216. The van der Waals surface area contributed by atoms with E-state index in [1.54, 1.807) is 26.2 Å². The molecule has 0 bridgehead atoms. The summed E-state index contributed by atoms with van der Waals surface area (Å²) in [5.74, 6) is 0.219. The van der Waals surface area contributed by atoms with E-state index in [9.17, 15) is 13.8 Å². The molecule has 0 radical (unpaired) electrons. The first kappa shape index (κ1) is 33.7. The molecule has 1 aromatic heterocycles. The number of carbonyl (C=O) groups is 2. The first-order chi connectivity index (χ1) is 21.9. The van der Waals surface area contributed by atoms with Crippen molar-refractivity contribution < 1.29 is 32.2 Å². The van der Waals surface area contributed by atoms with Crippen molar-refractivity contribution in [3.8, 4) is 5.75 Å². The van der Waals surface area contributed by atoms with Gasteiger partial charge in [0.1, 0.15) is 29.4 Å². The minimum Gasteiger partial charge on any atom is -0.486 e. The van der Waals surface area contributed by atoms with Crippen molar-refractivity contribution in [3.05, 3.63) is 40.4 Å². The molecule has 3 heterocycles. The molecule has 250 valence electrons. The first-order valence-electron chi connectivity index (χ1n) is 15.1. The second-order valence-corrected chi connectivity index (χ2v) is 13.8. The number of amides is 2. The number of nitrogens with one attached hydrogen (secondary N) is 3. The van der Waals surface area contributed by atoms with Crippen LogP contribution in [-0.4, -0.2) is 78.5 Å². The molecule has 1 saturated heterocycles. The molecule has 46 heavy (non-hydrogen) atoms. The Hall–Kier alpha value is -3.64. The van der Waals surface area contributed by atoms with Gasteiger partial charge in [-0.2, -0.15) is 9.27 Å². The Bertz CT molecular complexity index is 1520. The van der Waals surface area contributed by atoms with Crippen LogP contribution in [0.4, 0.5) is 5.13 Å². The van der Waals surface area contributed by atoms with Gasteiger partial charge in [0.05, 0.1) is 5.54 Å². The van der Waals surface area contributed by atoms with Gasteiger partial charge in [-0.05, 0) is 95.5 Å². The molecule has 4 atom stereocenters. The van der Waals surface area contributed by atoms with E-state index in [0.29, 0.717) is 30.3 Å². The molecule has 1 aliphatic carbocycles. The zero-order valence-electron chi connectivity index (χ0n) is 25.9. The highest BCUT2D eigenvalue weighted by Gasteiger charge is 2.57. The number of hydroxylamine groups is 2. The summed E-state index contributed by atoms with van der Waals surface area (Å²) in [6.07, 6.45) is 4.56. The molecule has 2 aromatic rings. The van der Waals surface area contributed by atoms with E-state index in [2.05, 4.69) is 25.1 Å². The van der Waals surface area contributed by atoms with E-state index in [4.69, 9.17) is 31.0 Å². The maximum atomic E-state index is 13.3. The standard InChI is InChI=1S/C29H40N8O7S2/c1-15(21-10-6-17-12-18(7-11-22(17)42-21)25(31)33-19-8-4-16(13-30)5-9-19)43-36-23(20-14-45-28(32)34-20)26(38)35-24-27(39)37(29(24,2)3)44-46(40)41/h7,11-12,14-16,19,21,24H,4-6,8-10,13,30H2,1-3H3,(H2,31,33)(H2,32,34)(H,35,38)(H,40,41)/b36-23-. The van der Waals surface area contributed by atoms with Gasteiger partial charge < -0.3 is 31.7 Å². The predicted octanol–water partition coefficient (Wildman–Crippen LogP) is 1.83. The zero-order valence-corrected chi connectivity index (χ0v) is 27.5. The number of fused-ring (bicyclic) bond motifs is 1. The van der Waals surface area contributed by atoms with Crippen LogP contribution in [0.1, 0.15) is 69.7 Å². The van der Waals surface area contributed by atoms with Crippen molar-refractivity contribution in [2.75, 3.05) is 12.3 Å². The molecular formula is C29H40N8O7S2. The van der Waals surface area contributed by atoms with Gasteiger partial charge in [-0.15, -0.1) is 15.6 Å². The average Bonchev–Trinajstić information content (AvgIpc) is 3.47. The number of anilines is 1. The van der Waals surface area contributed by atoms with Crippen molar-refractivity contribution in [2.24, 2.45) is 16.8 Å². The summed E-state index contributed by atoms with van der Waals surface area (Å²) >= 11 is -1.60. The molecule has 2 fully saturated rings. The number of hydrogen-bond acceptors (Lipinski definition) is 12. The SMILES string of the molecule is CC(O/N=C(\C(=O)NC1C(=O)N(OS(=O)O)C1(C)C)c1csc(N)n1)C1CCc2cc(C(=N)NC3CCC(CN)CC3)ccc2O1. The maximum absolute atomic E-state index is 13.3. The van der Waals surface area contributed by atoms with Crippen LogP contribution < -0.4 is 26.8 Å². The number of benzene rings is 1. The molecule has 1 aromatic carbocycles. The first-order valence-corrected chi connectivity index (χ1v) is 17.0. The van der Waals surface area contributed by atoms with Gasteiger partial charge in [-0.1, -0.05) is 5.16 Å². The van der Waals surface area contributed by atoms with E-state index in [-0.39, 0.29) is 28.7 Å². The van der Waals surface area contributed by atoms with Gasteiger partial charge in [0.2, 0.25) is 0 Å². The van der Waals surface area contributed by atoms with Crippen LogP contribution in [0.2, 0.25) is 0 Å². The fourth-order valence-electron chi connectivity index (χ4n) is 5.92. The number of oxime groups is 1. The Labute approximate surface area is 273 Å². The molecule has 1 saturated carbocycles. The van der Waals surface area contributed by atoms with Crippen molar-refractivity contribution in [3.63, 3.8) is 0 Å². The number of thiazole rings is 1. The molecule has 4 unspecified atom stereocenters. The monoisotopic (exact) mass is 676 g/mol. The second-order valence-electron chi connectivity index (χ2n) is 12.3. The van der Waals surface area contributed by atoms with Crippen LogP contribution in [-0.2, 0) is 36.5 Å². The minimum atomic E-state index is -2.71. The van der Waals surface area contributed by atoms with Gasteiger partial charge in [0.15, 0.2) is 16.9 Å². The van der Waals surface area contributed by atoms with E-state index in [1.165, 1.54) is 0 Å². The van der Waals surface area contributed by atoms with Crippen LogP contribution in [0.3, 0.4) is 0 Å². The van der Waals surface area contributed by atoms with Crippen molar-refractivity contribution >= 4 is 51.2 Å². The van der Waals surface area contributed by atoms with E-state index < -0.39 is 40.9 Å². The Morgan fingerprint density at radius 2 is 2.04 bits per heavy atom. The molecule has 17 heteroatoms. The van der Waals surface area contributed by atoms with E-state index in [1.807, 2.05) is 18.2 Å². The van der Waals surface area contributed by atoms with Gasteiger partial charge in [-0.25, -0.2) is 4.98 Å². The van der Waals surface area contributed by atoms with E-state index in [0.717, 1.165) is 59.8 Å². The van der Waals surface area contributed by atoms with Crippen LogP contribution in [0.25, 0.3) is 0 Å². The maximum Gasteiger partial charge on any atom is 0.325 e. The summed E-state index contributed by atoms with van der Waals surface area (Å²) in [7, 11) is 0. The lowest BCUT2D eigenvalue weighted by Gasteiger charge is -2.50. The summed E-state index contributed by atoms with van der Waals surface area (Å²) in [6, 6.07) is 4.93. The van der Waals surface area contributed by atoms with Gasteiger partial charge in [0.25, 0.3) is 11.8 Å². The quantitative estimate of drug-likeness (QED) is 0.0661. The predicted molar refractivity (Wildman–Crippen MR) is 172 cm³/mol. The summed E-state index contributed by atoms with van der Waals surface area (Å²) in [5, 5.41) is 21.2. The fourth-order valence-corrected chi connectivity index (χ4v) is 6.86. The average molecular weight is 677 g/mol. The topological polar surface area (TPSA) is 228 Å². The second kappa shape index (κ2) is 14.0. The van der Waals surface area contributed by atoms with Gasteiger partial charge in [-0.3, -0.25) is 19.6 Å². The number of nitrogens with zero attached hydrogens (tertiary/aromatic N) is 3. The number of carbonyl (C=O) groups excluding carboxylic acids is 2. The minimum absolute atomic E-state index is 0.160. The Morgan fingerprint density at radius 3 is 2.67 bits per heavy atom. The molecule has 8 N–H and O–H groups in total. The fraction of sp³-hybridized carbons (Fsp3) is 0.552. The number of β-lactam (4-membered cyclic amide) rings is 1. The smallest absolute Gasteiger partial charge is 0.325 e. The molecule has 3 aliphatic rings. The largest absolute Gasteiger partial charge is 0.486 e. The Balaban J connectivity index is 1.21. The summed E-state index contributed by atoms with van der Waals surface area (Å²) in [5.41, 5.74) is 12.3. The molecule has 0 spiro atoms. The van der Waals surface area contributed by atoms with Crippen molar-refractivity contribution in [1.82, 2.24) is 20.7 Å². The highest BCUT2D eigenvalue weighted by Crippen LogP contribution is 2.33. The lowest BCUT2D eigenvalue weighted by Crippen LogP contribution is -2.76. The third-order valence-corrected chi connectivity index (χ3v) is 9.71. The van der Waals surface area contributed by atoms with Crippen LogP contribution >= 0.6 is 11.3 Å². The number of aryl methyl sites for hydroxylation is 1. The number of nitrogen functional groups attached to an aromatic ring is 1. The normalized spacial score (nSPS) is 25.4. The number of aromatic nitrogens is 1. The number of rotatable bonds is 11. The summed E-state index contributed by atoms with van der Waals surface area (Å²) < 4.78 is 31.0. The number of ether oxygens (including phenoxy) is 1. The zero-order chi connectivity index (χ0) is 33.2. The molecule has 2 amide bonds. The molecule has 5 rings (SSSR count). The lowest BCUT2D eigenvalue weighted by atomic mass is 9.84. The van der Waals surface area contributed by atoms with Crippen LogP contribution in [0.15, 0.2) is 28.7 Å². The summed E-state index contributed by atoms with van der Waals surface area (Å²) in [4.78, 5) is 35.8. The van der Waals surface area contributed by atoms with Crippen LogP contribution in [0, 0.1) is 11.3 Å². The Morgan fingerprint density at radius 1 is 1.30 bits per heavy atom. The van der Waals surface area contributed by atoms with Gasteiger partial charge >= 0.3 is 11.4 Å². The Kier molecular flexibility index (Phi) is 10.3. The van der Waals surface area contributed by atoms with Crippen molar-refractivity contribution in [2.45, 2.75) is 89.1 Å². The third kappa shape index (κ3) is 7.33. The number of hydrogen-bond donors (Lipinski definition) is 6. The molecule has 15 nitrogen and oxygen atoms in total. The number of amidine groups is 1. The number of nitrogens with two attached hydrogens (primary N) is 2. The molecular weight excluding hydrogens is 637 g/mol. The third-order valence-electron chi connectivity index (χ3n) is 8.76. The summed E-state index contributed by atoms with van der Waals surface area (Å²) in [6.45, 7) is 5.63. The highest BCUT2D eigenvalue weighted by molar-refractivity contribution is 7.74. The van der Waals surface area contributed by atoms with Crippen molar-refractivity contribution in [1.29, 1.82) is 5.41 Å². The molecule has 2 aliphatic heterocycles. The van der Waals surface area contributed by atoms with Gasteiger partial charge in [0, 0.05) is 17.0 Å². The highest BCUT2D eigenvalue weighted by atomic mass is 32.2.